The van der Waals surface area contributed by atoms with Crippen LogP contribution in [0.5, 0.6) is 0 Å². The molecule has 3 N–H and O–H groups in total. The lowest BCUT2D eigenvalue weighted by atomic mass is 9.44. The van der Waals surface area contributed by atoms with Gasteiger partial charge in [-0.3, -0.25) is 4.79 Å². The van der Waals surface area contributed by atoms with Crippen molar-refractivity contribution in [3.05, 3.63) is 0 Å². The van der Waals surface area contributed by atoms with E-state index in [-0.39, 0.29) is 24.2 Å². The van der Waals surface area contributed by atoms with E-state index in [4.69, 9.17) is 18.9 Å². The lowest BCUT2D eigenvalue weighted by Gasteiger charge is -2.65. The van der Waals surface area contributed by atoms with Gasteiger partial charge in [0.15, 0.2) is 6.29 Å². The van der Waals surface area contributed by atoms with Crippen LogP contribution in [0, 0.1) is 22.7 Å². The molecule has 0 unspecified atom stereocenters. The van der Waals surface area contributed by atoms with Crippen LogP contribution >= 0.6 is 0 Å². The number of ether oxygens (including phenoxy) is 4. The van der Waals surface area contributed by atoms with Crippen LogP contribution in [-0.4, -0.2) is 76.4 Å². The molecule has 2 heterocycles. The maximum absolute atomic E-state index is 11.7. The molecule has 202 valence electrons. The topological polar surface area (TPSA) is 115 Å². The Balaban J connectivity index is 1.56. The van der Waals surface area contributed by atoms with E-state index in [1.54, 1.807) is 0 Å². The molecule has 10 atom stereocenters. The van der Waals surface area contributed by atoms with E-state index in [9.17, 15) is 20.1 Å². The lowest BCUT2D eigenvalue weighted by molar-refractivity contribution is -0.334. The van der Waals surface area contributed by atoms with Gasteiger partial charge in [-0.2, -0.15) is 0 Å². The van der Waals surface area contributed by atoms with E-state index in [0.717, 1.165) is 25.7 Å². The number of carbonyl (C=O) groups is 1. The Kier molecular flexibility index (Phi) is 7.41. The van der Waals surface area contributed by atoms with Gasteiger partial charge < -0.3 is 34.3 Å². The molecule has 0 aromatic rings. The summed E-state index contributed by atoms with van der Waals surface area (Å²) < 4.78 is 24.0. The van der Waals surface area contributed by atoms with Crippen LogP contribution in [-0.2, 0) is 23.7 Å². The molecule has 8 heteroatoms. The number of aliphatic hydroxyl groups is 3. The summed E-state index contributed by atoms with van der Waals surface area (Å²) in [6.07, 6.45) is 1.66. The molecular weight excluding hydrogens is 452 g/mol. The van der Waals surface area contributed by atoms with Gasteiger partial charge in [-0.1, -0.05) is 27.2 Å². The fraction of sp³-hybridized carbons (Fsp3) is 0.963. The minimum Gasteiger partial charge on any atom is -0.463 e. The number of esters is 1. The van der Waals surface area contributed by atoms with E-state index in [1.165, 1.54) is 26.2 Å². The molecule has 0 aromatic carbocycles. The first-order chi connectivity index (χ1) is 16.2. The summed E-state index contributed by atoms with van der Waals surface area (Å²) in [6.45, 7) is 12.7. The Bertz CT molecular complexity index is 787. The predicted octanol–water partition coefficient (Wildman–Crippen LogP) is 2.94. The Morgan fingerprint density at radius 3 is 2.34 bits per heavy atom. The number of aliphatic hydroxyl groups excluding tert-OH is 3. The van der Waals surface area contributed by atoms with Gasteiger partial charge in [-0.15, -0.1) is 0 Å². The van der Waals surface area contributed by atoms with E-state index in [2.05, 4.69) is 27.7 Å². The van der Waals surface area contributed by atoms with Gasteiger partial charge in [-0.25, -0.2) is 0 Å². The summed E-state index contributed by atoms with van der Waals surface area (Å²) in [4.78, 5) is 11.7. The van der Waals surface area contributed by atoms with Crippen molar-refractivity contribution in [2.75, 3.05) is 13.2 Å². The standard InChI is InChI=1S/C27H46O8/c1-16(28)32-15-20(34-23-22(31)21(30)17(29)14-33-23)27(6)13-9-19-25(4)11-7-10-24(2,3)18(25)8-12-26(19,5)35-27/h17-23,29-31H,7-15H2,1-6H3/t17-,18+,19-,20-,21-,22+,23-,25-,26+,27-/m0/s1. The summed E-state index contributed by atoms with van der Waals surface area (Å²) in [6, 6.07) is 0. The zero-order valence-corrected chi connectivity index (χ0v) is 22.3. The molecule has 35 heavy (non-hydrogen) atoms. The average Bonchev–Trinajstić information content (AvgIpc) is 2.74. The molecule has 0 amide bonds. The summed E-state index contributed by atoms with van der Waals surface area (Å²) >= 11 is 0. The van der Waals surface area contributed by atoms with Crippen LogP contribution in [0.2, 0.25) is 0 Å². The molecule has 0 bridgehead atoms. The van der Waals surface area contributed by atoms with Crippen molar-refractivity contribution in [2.24, 2.45) is 22.7 Å². The number of carbonyl (C=O) groups excluding carboxylic acids is 1. The molecule has 0 radical (unpaired) electrons. The van der Waals surface area contributed by atoms with Gasteiger partial charge in [0.1, 0.15) is 31.0 Å². The second kappa shape index (κ2) is 9.52. The zero-order chi connectivity index (χ0) is 25.8. The van der Waals surface area contributed by atoms with Crippen molar-refractivity contribution in [3.8, 4) is 0 Å². The SMILES string of the molecule is CC(=O)OC[C@H](O[C@@H]1OC[C@H](O)[C@H](O)[C@H]1O)[C@]1(C)CC[C@H]2[C@@]3(C)CCCC(C)(C)[C@H]3CC[C@@]2(C)O1. The van der Waals surface area contributed by atoms with Crippen LogP contribution in [0.4, 0.5) is 0 Å². The third-order valence-electron chi connectivity index (χ3n) is 10.0. The molecule has 0 aromatic heterocycles. The van der Waals surface area contributed by atoms with Crippen LogP contribution in [0.3, 0.4) is 0 Å². The molecule has 4 aliphatic rings. The summed E-state index contributed by atoms with van der Waals surface area (Å²) in [5.74, 6) is 0.658. The molecule has 2 saturated carbocycles. The maximum Gasteiger partial charge on any atom is 0.302 e. The first-order valence-corrected chi connectivity index (χ1v) is 13.4. The number of fused-ring (bicyclic) bond motifs is 3. The fourth-order valence-electron chi connectivity index (χ4n) is 8.22. The summed E-state index contributed by atoms with van der Waals surface area (Å²) in [7, 11) is 0. The zero-order valence-electron chi connectivity index (χ0n) is 22.3. The number of hydrogen-bond acceptors (Lipinski definition) is 8. The van der Waals surface area contributed by atoms with Crippen molar-refractivity contribution in [3.63, 3.8) is 0 Å². The molecule has 0 spiro atoms. The summed E-state index contributed by atoms with van der Waals surface area (Å²) in [5, 5.41) is 30.4. The molecule has 4 fully saturated rings. The highest BCUT2D eigenvalue weighted by atomic mass is 16.7. The highest BCUT2D eigenvalue weighted by Crippen LogP contribution is 2.65. The quantitative estimate of drug-likeness (QED) is 0.496. The summed E-state index contributed by atoms with van der Waals surface area (Å²) in [5.41, 5.74) is -0.579. The van der Waals surface area contributed by atoms with Gasteiger partial charge >= 0.3 is 5.97 Å². The van der Waals surface area contributed by atoms with Crippen LogP contribution in [0.25, 0.3) is 0 Å². The number of hydrogen-bond donors (Lipinski definition) is 3. The second-order valence-corrected chi connectivity index (χ2v) is 12.9. The first kappa shape index (κ1) is 27.3. The normalized spacial score (nSPS) is 48.4. The Labute approximate surface area is 209 Å². The number of rotatable bonds is 5. The minimum atomic E-state index is -1.42. The smallest absolute Gasteiger partial charge is 0.302 e. The van der Waals surface area contributed by atoms with Gasteiger partial charge in [0.05, 0.1) is 17.8 Å². The predicted molar refractivity (Wildman–Crippen MR) is 128 cm³/mol. The van der Waals surface area contributed by atoms with E-state index >= 15 is 0 Å². The van der Waals surface area contributed by atoms with Crippen molar-refractivity contribution >= 4 is 5.97 Å². The van der Waals surface area contributed by atoms with Gasteiger partial charge in [0.2, 0.25) is 0 Å². The van der Waals surface area contributed by atoms with Crippen LogP contribution in [0.1, 0.15) is 86.5 Å². The first-order valence-electron chi connectivity index (χ1n) is 13.4. The van der Waals surface area contributed by atoms with Crippen molar-refractivity contribution < 1.29 is 39.1 Å². The van der Waals surface area contributed by atoms with Gasteiger partial charge in [0, 0.05) is 6.92 Å². The molecule has 2 aliphatic carbocycles. The van der Waals surface area contributed by atoms with E-state index < -0.39 is 42.3 Å². The Morgan fingerprint density at radius 1 is 0.971 bits per heavy atom. The lowest BCUT2D eigenvalue weighted by Crippen LogP contribution is -2.66. The van der Waals surface area contributed by atoms with Crippen LogP contribution < -0.4 is 0 Å². The third kappa shape index (κ3) is 4.91. The van der Waals surface area contributed by atoms with Crippen molar-refractivity contribution in [1.29, 1.82) is 0 Å². The van der Waals surface area contributed by atoms with E-state index in [0.29, 0.717) is 17.3 Å². The van der Waals surface area contributed by atoms with Gasteiger partial charge in [-0.05, 0) is 75.0 Å². The Morgan fingerprint density at radius 2 is 1.66 bits per heavy atom. The second-order valence-electron chi connectivity index (χ2n) is 12.9. The molecule has 4 rings (SSSR count). The molecule has 2 saturated heterocycles. The van der Waals surface area contributed by atoms with Crippen molar-refractivity contribution in [2.45, 2.75) is 128 Å². The highest BCUT2D eigenvalue weighted by molar-refractivity contribution is 5.65. The monoisotopic (exact) mass is 498 g/mol. The molecular formula is C27H46O8. The largest absolute Gasteiger partial charge is 0.463 e. The minimum absolute atomic E-state index is 0.0509. The third-order valence-corrected chi connectivity index (χ3v) is 10.0. The van der Waals surface area contributed by atoms with Crippen molar-refractivity contribution in [1.82, 2.24) is 0 Å². The Hall–Kier alpha value is -0.770. The average molecular weight is 499 g/mol. The highest BCUT2D eigenvalue weighted by Gasteiger charge is 2.62. The molecule has 2 aliphatic heterocycles. The van der Waals surface area contributed by atoms with Gasteiger partial charge in [0.25, 0.3) is 0 Å². The molecule has 8 nitrogen and oxygen atoms in total. The maximum atomic E-state index is 11.7. The van der Waals surface area contributed by atoms with Crippen LogP contribution in [0.15, 0.2) is 0 Å². The van der Waals surface area contributed by atoms with E-state index in [1.807, 2.05) is 6.92 Å². The fourth-order valence-corrected chi connectivity index (χ4v) is 8.22.